The number of aliphatic hydroxyl groups is 1. The molecule has 0 saturated carbocycles. The highest BCUT2D eigenvalue weighted by Crippen LogP contribution is 2.19. The second kappa shape index (κ2) is 6.98. The van der Waals surface area contributed by atoms with Gasteiger partial charge in [0, 0.05) is 12.0 Å². The molecule has 1 rings (SSSR count). The van der Waals surface area contributed by atoms with E-state index in [1.165, 1.54) is 0 Å². The van der Waals surface area contributed by atoms with Crippen molar-refractivity contribution in [2.24, 2.45) is 5.92 Å². The second-order valence-electron chi connectivity index (χ2n) is 4.46. The first-order valence-corrected chi connectivity index (χ1v) is 5.96. The zero-order chi connectivity index (χ0) is 12.7. The minimum absolute atomic E-state index is 0.113. The van der Waals surface area contributed by atoms with Gasteiger partial charge in [-0.1, -0.05) is 25.7 Å². The average molecular weight is 232 g/mol. The Labute approximate surface area is 104 Å². The molecule has 0 spiro atoms. The highest BCUT2D eigenvalue weighted by atomic mass is 16.5. The molecule has 17 heavy (non-hydrogen) atoms. The van der Waals surface area contributed by atoms with E-state index in [2.05, 4.69) is 25.7 Å². The molecule has 1 aromatic carbocycles. The van der Waals surface area contributed by atoms with Gasteiger partial charge in [-0.3, -0.25) is 0 Å². The predicted octanol–water partition coefficient (Wildman–Crippen LogP) is 2.76. The summed E-state index contributed by atoms with van der Waals surface area (Å²) in [5, 5.41) is 8.64. The quantitative estimate of drug-likeness (QED) is 0.809. The summed E-state index contributed by atoms with van der Waals surface area (Å²) in [6, 6.07) is 5.92. The number of aryl methyl sites for hydroxylation is 1. The van der Waals surface area contributed by atoms with Crippen molar-refractivity contribution in [1.29, 1.82) is 0 Å². The first-order valence-electron chi connectivity index (χ1n) is 5.96. The molecule has 0 bridgehead atoms. The Morgan fingerprint density at radius 3 is 2.71 bits per heavy atom. The topological polar surface area (TPSA) is 29.5 Å². The average Bonchev–Trinajstić information content (AvgIpc) is 2.28. The fraction of sp³-hybridized carbons (Fsp3) is 0.467. The van der Waals surface area contributed by atoms with Crippen molar-refractivity contribution in [3.05, 3.63) is 29.3 Å². The van der Waals surface area contributed by atoms with Crippen molar-refractivity contribution in [1.82, 2.24) is 0 Å². The third kappa shape index (κ3) is 4.93. The molecule has 1 N–H and O–H groups in total. The molecule has 0 aromatic heterocycles. The lowest BCUT2D eigenvalue weighted by Gasteiger charge is -2.11. The van der Waals surface area contributed by atoms with Gasteiger partial charge in [-0.25, -0.2) is 0 Å². The highest BCUT2D eigenvalue weighted by Gasteiger charge is 2.01. The fourth-order valence-electron chi connectivity index (χ4n) is 1.37. The monoisotopic (exact) mass is 232 g/mol. The Bertz CT molecular complexity index is 411. The molecule has 0 heterocycles. The van der Waals surface area contributed by atoms with Crippen LogP contribution in [0.25, 0.3) is 0 Å². The molecular weight excluding hydrogens is 212 g/mol. The summed E-state index contributed by atoms with van der Waals surface area (Å²) >= 11 is 0. The summed E-state index contributed by atoms with van der Waals surface area (Å²) in [4.78, 5) is 0. The molecule has 0 aliphatic rings. The van der Waals surface area contributed by atoms with Crippen LogP contribution in [0.4, 0.5) is 0 Å². The summed E-state index contributed by atoms with van der Waals surface area (Å²) in [6.07, 6.45) is 0.519. The van der Waals surface area contributed by atoms with Gasteiger partial charge in [0.15, 0.2) is 0 Å². The molecular formula is C15H20O2. The van der Waals surface area contributed by atoms with Gasteiger partial charge in [-0.05, 0) is 36.6 Å². The van der Waals surface area contributed by atoms with Crippen molar-refractivity contribution in [2.45, 2.75) is 27.2 Å². The number of aliphatic hydroxyl groups excluding tert-OH is 1. The lowest BCUT2D eigenvalue weighted by atomic mass is 10.1. The minimum Gasteiger partial charge on any atom is -0.493 e. The predicted molar refractivity (Wildman–Crippen MR) is 70.1 cm³/mol. The molecule has 1 aromatic rings. The third-order valence-corrected chi connectivity index (χ3v) is 2.22. The number of hydrogen-bond donors (Lipinski definition) is 1. The Morgan fingerprint density at radius 2 is 2.12 bits per heavy atom. The highest BCUT2D eigenvalue weighted by molar-refractivity contribution is 5.43. The van der Waals surface area contributed by atoms with E-state index < -0.39 is 0 Å². The SMILES string of the molecule is Cc1cc(C#CCCO)ccc1OCC(C)C. The zero-order valence-electron chi connectivity index (χ0n) is 10.8. The van der Waals surface area contributed by atoms with Gasteiger partial charge >= 0.3 is 0 Å². The van der Waals surface area contributed by atoms with E-state index in [-0.39, 0.29) is 6.61 Å². The lowest BCUT2D eigenvalue weighted by Crippen LogP contribution is -2.05. The van der Waals surface area contributed by atoms with Crippen LogP contribution in [0.5, 0.6) is 5.75 Å². The van der Waals surface area contributed by atoms with Gasteiger partial charge in [0.25, 0.3) is 0 Å². The van der Waals surface area contributed by atoms with E-state index in [1.54, 1.807) is 0 Å². The smallest absolute Gasteiger partial charge is 0.122 e. The maximum absolute atomic E-state index is 8.64. The third-order valence-electron chi connectivity index (χ3n) is 2.22. The summed E-state index contributed by atoms with van der Waals surface area (Å²) in [5.74, 6) is 7.37. The van der Waals surface area contributed by atoms with Crippen LogP contribution in [-0.2, 0) is 0 Å². The molecule has 0 radical (unpaired) electrons. The van der Waals surface area contributed by atoms with E-state index in [9.17, 15) is 0 Å². The molecule has 0 fully saturated rings. The molecule has 92 valence electrons. The van der Waals surface area contributed by atoms with Gasteiger partial charge in [-0.15, -0.1) is 0 Å². The largest absolute Gasteiger partial charge is 0.493 e. The van der Waals surface area contributed by atoms with Crippen LogP contribution in [0.15, 0.2) is 18.2 Å². The van der Waals surface area contributed by atoms with Crippen molar-refractivity contribution in [3.8, 4) is 17.6 Å². The van der Waals surface area contributed by atoms with Crippen LogP contribution in [0, 0.1) is 24.7 Å². The maximum Gasteiger partial charge on any atom is 0.122 e. The van der Waals surface area contributed by atoms with E-state index >= 15 is 0 Å². The maximum atomic E-state index is 8.64. The van der Waals surface area contributed by atoms with E-state index in [0.29, 0.717) is 12.3 Å². The molecule has 0 saturated heterocycles. The normalized spacial score (nSPS) is 9.94. The first kappa shape index (κ1) is 13.6. The van der Waals surface area contributed by atoms with E-state index in [1.807, 2.05) is 25.1 Å². The van der Waals surface area contributed by atoms with Gasteiger partial charge in [0.1, 0.15) is 5.75 Å². The van der Waals surface area contributed by atoms with Crippen LogP contribution in [0.3, 0.4) is 0 Å². The molecule has 0 aliphatic carbocycles. The number of ether oxygens (including phenoxy) is 1. The van der Waals surface area contributed by atoms with Crippen molar-refractivity contribution in [2.75, 3.05) is 13.2 Å². The Hall–Kier alpha value is -1.46. The molecule has 0 amide bonds. The molecule has 0 aliphatic heterocycles. The summed E-state index contributed by atoms with van der Waals surface area (Å²) in [6.45, 7) is 7.12. The Kier molecular flexibility index (Phi) is 5.59. The summed E-state index contributed by atoms with van der Waals surface area (Å²) in [7, 11) is 0. The molecule has 0 atom stereocenters. The van der Waals surface area contributed by atoms with Crippen molar-refractivity contribution >= 4 is 0 Å². The molecule has 2 nitrogen and oxygen atoms in total. The van der Waals surface area contributed by atoms with Gasteiger partial charge < -0.3 is 9.84 Å². The first-order chi connectivity index (χ1) is 8.13. The fourth-order valence-corrected chi connectivity index (χ4v) is 1.37. The number of hydrogen-bond acceptors (Lipinski definition) is 2. The molecule has 2 heteroatoms. The van der Waals surface area contributed by atoms with Gasteiger partial charge in [0.05, 0.1) is 13.2 Å². The van der Waals surface area contributed by atoms with E-state index in [0.717, 1.165) is 23.5 Å². The number of benzene rings is 1. The number of rotatable bonds is 4. The summed E-state index contributed by atoms with van der Waals surface area (Å²) in [5.41, 5.74) is 2.06. The van der Waals surface area contributed by atoms with Gasteiger partial charge in [0.2, 0.25) is 0 Å². The zero-order valence-corrected chi connectivity index (χ0v) is 10.8. The second-order valence-corrected chi connectivity index (χ2v) is 4.46. The lowest BCUT2D eigenvalue weighted by molar-refractivity contribution is 0.269. The van der Waals surface area contributed by atoms with Crippen LogP contribution in [-0.4, -0.2) is 18.3 Å². The molecule has 0 unspecified atom stereocenters. The van der Waals surface area contributed by atoms with Crippen molar-refractivity contribution in [3.63, 3.8) is 0 Å². The van der Waals surface area contributed by atoms with Crippen LogP contribution < -0.4 is 4.74 Å². The Morgan fingerprint density at radius 1 is 1.35 bits per heavy atom. The van der Waals surface area contributed by atoms with Crippen molar-refractivity contribution < 1.29 is 9.84 Å². The summed E-state index contributed by atoms with van der Waals surface area (Å²) < 4.78 is 5.69. The van der Waals surface area contributed by atoms with Crippen LogP contribution in [0.2, 0.25) is 0 Å². The standard InChI is InChI=1S/C15H20O2/c1-12(2)11-17-15-8-7-14(10-13(15)3)6-4-5-9-16/h7-8,10,12,16H,5,9,11H2,1-3H3. The minimum atomic E-state index is 0.113. The van der Waals surface area contributed by atoms with Crippen LogP contribution in [0.1, 0.15) is 31.4 Å². The van der Waals surface area contributed by atoms with Gasteiger partial charge in [-0.2, -0.15) is 0 Å². The van der Waals surface area contributed by atoms with E-state index in [4.69, 9.17) is 9.84 Å². The Balaban J connectivity index is 2.70. The van der Waals surface area contributed by atoms with Crippen LogP contribution >= 0.6 is 0 Å².